The standard InChI is InChI=1S/C8H17BP/c1-9-10-7-5-3-2-4-6-8-10/h2-8H2,1H3. The summed E-state index contributed by atoms with van der Waals surface area (Å²) in [5.41, 5.74) is 0. The fourth-order valence-electron chi connectivity index (χ4n) is 1.53. The third-order valence-corrected chi connectivity index (χ3v) is 4.77. The van der Waals surface area contributed by atoms with E-state index in [0.717, 1.165) is 0 Å². The summed E-state index contributed by atoms with van der Waals surface area (Å²) in [4.78, 5) is 0. The lowest BCUT2D eigenvalue weighted by atomic mass is 10.2. The van der Waals surface area contributed by atoms with E-state index in [4.69, 9.17) is 0 Å². The van der Waals surface area contributed by atoms with E-state index in [1.807, 2.05) is 0 Å². The molecule has 0 amide bonds. The molecule has 0 unspecified atom stereocenters. The second-order valence-corrected chi connectivity index (χ2v) is 5.65. The molecule has 0 aromatic rings. The quantitative estimate of drug-likeness (QED) is 0.403. The molecular formula is C8H17BP. The van der Waals surface area contributed by atoms with Crippen LogP contribution in [0.4, 0.5) is 0 Å². The van der Waals surface area contributed by atoms with Crippen LogP contribution in [0.3, 0.4) is 0 Å². The topological polar surface area (TPSA) is 0 Å². The van der Waals surface area contributed by atoms with Crippen LogP contribution in [0.2, 0.25) is 6.82 Å². The molecule has 1 aliphatic heterocycles. The van der Waals surface area contributed by atoms with Crippen LogP contribution in [0.5, 0.6) is 0 Å². The van der Waals surface area contributed by atoms with Crippen LogP contribution in [0, 0.1) is 0 Å². The monoisotopic (exact) mass is 155 g/mol. The van der Waals surface area contributed by atoms with Crippen LogP contribution >= 0.6 is 7.80 Å². The highest BCUT2D eigenvalue weighted by Crippen LogP contribution is 2.37. The van der Waals surface area contributed by atoms with Gasteiger partial charge in [0.1, 0.15) is 7.00 Å². The molecule has 57 valence electrons. The van der Waals surface area contributed by atoms with Gasteiger partial charge in [0, 0.05) is 0 Å². The minimum Gasteiger partial charge on any atom is -0.148 e. The van der Waals surface area contributed by atoms with E-state index < -0.39 is 0 Å². The second-order valence-electron chi connectivity index (χ2n) is 3.06. The fraction of sp³-hybridized carbons (Fsp3) is 1.00. The Hall–Kier alpha value is 0.495. The normalized spacial score (nSPS) is 23.3. The van der Waals surface area contributed by atoms with E-state index in [-0.39, 0.29) is 0 Å². The molecule has 0 aromatic carbocycles. The highest BCUT2D eigenvalue weighted by atomic mass is 31.1. The summed E-state index contributed by atoms with van der Waals surface area (Å²) in [7, 11) is 0.362. The first kappa shape index (κ1) is 8.59. The summed E-state index contributed by atoms with van der Waals surface area (Å²) in [6.07, 6.45) is 10.5. The Kier molecular flexibility index (Phi) is 4.45. The third kappa shape index (κ3) is 3.06. The Morgan fingerprint density at radius 1 is 0.900 bits per heavy atom. The van der Waals surface area contributed by atoms with Gasteiger partial charge < -0.3 is 0 Å². The molecule has 1 aliphatic rings. The van der Waals surface area contributed by atoms with Crippen molar-refractivity contribution in [2.24, 2.45) is 0 Å². The molecule has 1 saturated heterocycles. The van der Waals surface area contributed by atoms with E-state index in [1.165, 1.54) is 44.4 Å². The van der Waals surface area contributed by atoms with Gasteiger partial charge in [-0.05, 0) is 12.3 Å². The molecule has 0 atom stereocenters. The van der Waals surface area contributed by atoms with Gasteiger partial charge in [-0.2, -0.15) is 0 Å². The molecule has 0 aliphatic carbocycles. The van der Waals surface area contributed by atoms with Crippen LogP contribution < -0.4 is 0 Å². The first-order valence-electron chi connectivity index (χ1n) is 4.47. The summed E-state index contributed by atoms with van der Waals surface area (Å²) in [5, 5.41) is 0. The third-order valence-electron chi connectivity index (χ3n) is 2.26. The largest absolute Gasteiger partial charge is 0.148 e. The van der Waals surface area contributed by atoms with E-state index in [9.17, 15) is 0 Å². The molecule has 0 nitrogen and oxygen atoms in total. The van der Waals surface area contributed by atoms with Gasteiger partial charge in [0.2, 0.25) is 0 Å². The Morgan fingerprint density at radius 2 is 1.40 bits per heavy atom. The highest BCUT2D eigenvalue weighted by molar-refractivity contribution is 7.85. The molecule has 0 spiro atoms. The maximum atomic E-state index is 2.46. The van der Waals surface area contributed by atoms with Gasteiger partial charge in [-0.3, -0.25) is 0 Å². The molecule has 0 aromatic heterocycles. The van der Waals surface area contributed by atoms with E-state index in [1.54, 1.807) is 0 Å². The van der Waals surface area contributed by atoms with Crippen molar-refractivity contribution in [2.45, 2.75) is 38.9 Å². The molecule has 1 heterocycles. The minimum absolute atomic E-state index is 0.362. The average molecular weight is 155 g/mol. The van der Waals surface area contributed by atoms with Crippen LogP contribution in [0.1, 0.15) is 32.1 Å². The Bertz CT molecular complexity index is 77.3. The van der Waals surface area contributed by atoms with Crippen molar-refractivity contribution in [1.29, 1.82) is 0 Å². The summed E-state index contributed by atoms with van der Waals surface area (Å²) in [5.74, 6) is 0. The van der Waals surface area contributed by atoms with Crippen molar-refractivity contribution in [1.82, 2.24) is 0 Å². The lowest BCUT2D eigenvalue weighted by Crippen LogP contribution is -1.99. The predicted molar refractivity (Wildman–Crippen MR) is 51.4 cm³/mol. The molecule has 0 bridgehead atoms. The van der Waals surface area contributed by atoms with E-state index in [2.05, 4.69) is 13.8 Å². The summed E-state index contributed by atoms with van der Waals surface area (Å²) < 4.78 is 0. The van der Waals surface area contributed by atoms with Crippen molar-refractivity contribution in [3.8, 4) is 0 Å². The minimum atomic E-state index is 0.362. The number of hydrogen-bond donors (Lipinski definition) is 0. The Labute approximate surface area is 66.7 Å². The SMILES string of the molecule is C[B]P1CCCCCCC1. The zero-order valence-electron chi connectivity index (χ0n) is 6.97. The van der Waals surface area contributed by atoms with Gasteiger partial charge >= 0.3 is 0 Å². The Morgan fingerprint density at radius 3 is 1.90 bits per heavy atom. The lowest BCUT2D eigenvalue weighted by Gasteiger charge is -2.17. The summed E-state index contributed by atoms with van der Waals surface area (Å²) in [6.45, 7) is 4.70. The molecule has 1 radical (unpaired) electrons. The smallest absolute Gasteiger partial charge is 0.143 e. The molecule has 1 fully saturated rings. The number of rotatable bonds is 1. The van der Waals surface area contributed by atoms with E-state index >= 15 is 0 Å². The molecule has 0 N–H and O–H groups in total. The van der Waals surface area contributed by atoms with Gasteiger partial charge in [-0.1, -0.05) is 38.9 Å². The van der Waals surface area contributed by atoms with Crippen molar-refractivity contribution in [3.05, 3.63) is 0 Å². The average Bonchev–Trinajstić information content (AvgIpc) is 1.87. The lowest BCUT2D eigenvalue weighted by molar-refractivity contribution is 0.650. The van der Waals surface area contributed by atoms with Crippen molar-refractivity contribution in [3.63, 3.8) is 0 Å². The zero-order chi connectivity index (χ0) is 7.23. The van der Waals surface area contributed by atoms with Crippen molar-refractivity contribution < 1.29 is 0 Å². The molecular weight excluding hydrogens is 138 g/mol. The van der Waals surface area contributed by atoms with Gasteiger partial charge in [0.15, 0.2) is 0 Å². The maximum absolute atomic E-state index is 2.46. The van der Waals surface area contributed by atoms with Crippen molar-refractivity contribution in [2.75, 3.05) is 12.3 Å². The summed E-state index contributed by atoms with van der Waals surface area (Å²) >= 11 is 0. The highest BCUT2D eigenvalue weighted by Gasteiger charge is 2.07. The van der Waals surface area contributed by atoms with E-state index in [0.29, 0.717) is 7.80 Å². The van der Waals surface area contributed by atoms with Gasteiger partial charge in [0.05, 0.1) is 0 Å². The van der Waals surface area contributed by atoms with Crippen LogP contribution in [-0.4, -0.2) is 19.3 Å². The fourth-order valence-corrected chi connectivity index (χ4v) is 3.53. The number of hydrogen-bond acceptors (Lipinski definition) is 0. The van der Waals surface area contributed by atoms with Crippen LogP contribution in [0.25, 0.3) is 0 Å². The summed E-state index contributed by atoms with van der Waals surface area (Å²) in [6, 6.07) is 0. The first-order chi connectivity index (χ1) is 4.93. The van der Waals surface area contributed by atoms with Crippen LogP contribution in [0.15, 0.2) is 0 Å². The Balaban J connectivity index is 2.16. The predicted octanol–water partition coefficient (Wildman–Crippen LogP) is 3.10. The van der Waals surface area contributed by atoms with Gasteiger partial charge in [-0.25, -0.2) is 0 Å². The molecule has 1 rings (SSSR count). The molecule has 10 heavy (non-hydrogen) atoms. The van der Waals surface area contributed by atoms with Crippen LogP contribution in [-0.2, 0) is 0 Å². The van der Waals surface area contributed by atoms with Crippen molar-refractivity contribution >= 4 is 14.8 Å². The second kappa shape index (κ2) is 5.19. The van der Waals surface area contributed by atoms with Gasteiger partial charge in [-0.15, -0.1) is 7.80 Å². The first-order valence-corrected chi connectivity index (χ1v) is 6.25. The maximum Gasteiger partial charge on any atom is 0.143 e. The zero-order valence-corrected chi connectivity index (χ0v) is 7.87. The molecule has 0 saturated carbocycles. The van der Waals surface area contributed by atoms with Gasteiger partial charge in [0.25, 0.3) is 0 Å². The molecule has 2 heteroatoms.